The number of carbonyl (C=O) groups excluding carboxylic acids is 1. The molecule has 0 aromatic carbocycles. The molecule has 0 spiro atoms. The predicted octanol–water partition coefficient (Wildman–Crippen LogP) is -9.73. The van der Waals surface area contributed by atoms with Gasteiger partial charge in [0, 0.05) is 5.41 Å². The maximum atomic E-state index is 15.6. The van der Waals surface area contributed by atoms with E-state index in [4.69, 9.17) is 66.3 Å². The minimum absolute atomic E-state index is 0.00104. The number of ether oxygens (including phenoxy) is 14. The molecular weight excluding hydrogens is 1440 g/mol. The number of aliphatic hydroxyl groups excluding tert-OH is 22. The van der Waals surface area contributed by atoms with E-state index in [1.54, 1.807) is 0 Å². The topological polar surface area (TPSA) is 612 Å². The highest BCUT2D eigenvalue weighted by Crippen LogP contribution is 2.76. The molecule has 4 saturated carbocycles. The van der Waals surface area contributed by atoms with Gasteiger partial charge in [-0.3, -0.25) is 4.79 Å². The summed E-state index contributed by atoms with van der Waals surface area (Å²) in [7, 11) is 0. The molecule has 7 saturated heterocycles. The minimum Gasteiger partial charge on any atom is -0.432 e. The second-order valence-electron chi connectivity index (χ2n) is 33.5. The second-order valence-corrected chi connectivity index (χ2v) is 33.5. The first-order valence-electron chi connectivity index (χ1n) is 36.9. The maximum Gasteiger partial charge on any atom is 0.317 e. The lowest BCUT2D eigenvalue weighted by molar-refractivity contribution is -0.372. The van der Waals surface area contributed by atoms with Crippen LogP contribution in [-0.2, 0) is 71.1 Å². The highest BCUT2D eigenvalue weighted by molar-refractivity contribution is 5.80. The summed E-state index contributed by atoms with van der Waals surface area (Å²) < 4.78 is 81.5. The van der Waals surface area contributed by atoms with Gasteiger partial charge < -0.3 is 184 Å². The summed E-state index contributed by atoms with van der Waals surface area (Å²) in [6.07, 6.45) is -53.4. The number of aliphatic hydroxyl groups is 23. The number of hydrogen-bond acceptors (Lipinski definition) is 38. The molecule has 7 aliphatic heterocycles. The van der Waals surface area contributed by atoms with E-state index in [-0.39, 0.29) is 31.6 Å². The third-order valence-electron chi connectivity index (χ3n) is 26.8. The first kappa shape index (κ1) is 84.2. The monoisotopic (exact) mass is 1550 g/mol. The molecule has 0 bridgehead atoms. The van der Waals surface area contributed by atoms with Gasteiger partial charge in [0.25, 0.3) is 0 Å². The molecule has 23 N–H and O–H groups in total. The average molecular weight is 1550 g/mol. The maximum absolute atomic E-state index is 15.6. The lowest BCUT2D eigenvalue weighted by Crippen LogP contribution is -2.71. The zero-order chi connectivity index (χ0) is 78.1. The third kappa shape index (κ3) is 14.4. The number of fused-ring (bicyclic) bond motifs is 7. The van der Waals surface area contributed by atoms with Crippen LogP contribution in [0.5, 0.6) is 0 Å². The van der Waals surface area contributed by atoms with E-state index in [1.165, 1.54) is 6.92 Å². The summed E-state index contributed by atoms with van der Waals surface area (Å²) in [4.78, 5) is 15.6. The number of hydrogen-bond donors (Lipinski definition) is 23. The van der Waals surface area contributed by atoms with E-state index in [2.05, 4.69) is 26.8 Å². The third-order valence-corrected chi connectivity index (χ3v) is 26.8. The van der Waals surface area contributed by atoms with Gasteiger partial charge in [-0.05, 0) is 97.7 Å². The predicted molar refractivity (Wildman–Crippen MR) is 347 cm³/mol. The van der Waals surface area contributed by atoms with E-state index in [9.17, 15) is 117 Å². The number of allylic oxidation sites excluding steroid dienone is 2. The van der Waals surface area contributed by atoms with Crippen molar-refractivity contribution in [1.29, 1.82) is 0 Å². The highest BCUT2D eigenvalue weighted by Gasteiger charge is 2.74. The molecule has 0 radical (unpaired) electrons. The van der Waals surface area contributed by atoms with Gasteiger partial charge in [-0.2, -0.15) is 0 Å². The Morgan fingerprint density at radius 2 is 1.04 bits per heavy atom. The first-order valence-corrected chi connectivity index (χ1v) is 36.9. The molecule has 41 atom stereocenters. The van der Waals surface area contributed by atoms with Crippen LogP contribution in [0.3, 0.4) is 0 Å². The van der Waals surface area contributed by atoms with Gasteiger partial charge in [-0.1, -0.05) is 46.3 Å². The molecule has 0 amide bonds. The van der Waals surface area contributed by atoms with Crippen molar-refractivity contribution in [2.45, 2.75) is 301 Å². The molecule has 616 valence electrons. The Labute approximate surface area is 615 Å². The van der Waals surface area contributed by atoms with Crippen LogP contribution in [-0.4, -0.2) is 391 Å². The molecule has 0 aromatic heterocycles. The summed E-state index contributed by atoms with van der Waals surface area (Å²) >= 11 is 0. The molecule has 5 aliphatic carbocycles. The zero-order valence-corrected chi connectivity index (χ0v) is 60.3. The normalized spacial score (nSPS) is 54.0. The molecule has 12 rings (SSSR count). The highest BCUT2D eigenvalue weighted by atomic mass is 16.8. The van der Waals surface area contributed by atoms with Gasteiger partial charge in [0.05, 0.1) is 83.9 Å². The Kier molecular flexibility index (Phi) is 25.0. The lowest BCUT2D eigenvalue weighted by Gasteiger charge is -2.72. The van der Waals surface area contributed by atoms with Crippen molar-refractivity contribution in [2.24, 2.45) is 50.2 Å². The van der Waals surface area contributed by atoms with Crippen LogP contribution in [0.25, 0.3) is 0 Å². The molecule has 38 heteroatoms. The van der Waals surface area contributed by atoms with Crippen LogP contribution >= 0.6 is 0 Å². The molecule has 107 heavy (non-hydrogen) atoms. The van der Waals surface area contributed by atoms with Crippen LogP contribution < -0.4 is 0 Å². The van der Waals surface area contributed by atoms with E-state index in [1.807, 2.05) is 13.8 Å². The minimum atomic E-state index is -2.10. The fraction of sp³-hybridized carbons (Fsp3) is 0.957. The van der Waals surface area contributed by atoms with Crippen LogP contribution in [0.2, 0.25) is 0 Å². The Morgan fingerprint density at radius 3 is 1.64 bits per heavy atom. The lowest BCUT2D eigenvalue weighted by atomic mass is 9.33. The smallest absolute Gasteiger partial charge is 0.317 e. The molecule has 12 aliphatic rings. The Bertz CT molecular complexity index is 3050. The van der Waals surface area contributed by atoms with Gasteiger partial charge in [0.2, 0.25) is 6.29 Å². The molecule has 7 heterocycles. The summed E-state index contributed by atoms with van der Waals surface area (Å²) in [5, 5.41) is 255. The number of rotatable bonds is 20. The zero-order valence-electron chi connectivity index (χ0n) is 60.3. The SMILES string of the molecule is CC1O[C@@H](OC2[C@H](OC(=O)[C@]34CCC(C)(C)C[C@H]3C3=CCC5[C@@]6(C)C[C@H](O)[C@H](O[C@@H]7O[C@H](CO[C@@H]8O[C@H](COC9OC(CO)[C@@H](O)C(O)[C@H]9O)C(O)[C@H](O)C8O)C(O)[C@H](O)C7O)C(CO)(CO)C6CC[C@@]5(C)C3(C)CC4O)OC[C@H](O)[C@@H]2O)C(O)C(O)[C@H]1O[C@@H]1OCC(O)[C@H](O[C@@H]2OC[C@](O)(CO)C2O)C1O. The van der Waals surface area contributed by atoms with Gasteiger partial charge in [-0.25, -0.2) is 0 Å². The van der Waals surface area contributed by atoms with E-state index >= 15 is 4.79 Å². The van der Waals surface area contributed by atoms with Crippen molar-refractivity contribution in [3.63, 3.8) is 0 Å². The molecule has 38 nitrogen and oxygen atoms in total. The Hall–Kier alpha value is -2.23. The molecule has 11 fully saturated rings. The fourth-order valence-corrected chi connectivity index (χ4v) is 20.2. The van der Waals surface area contributed by atoms with Crippen molar-refractivity contribution < 1.29 is 189 Å². The summed E-state index contributed by atoms with van der Waals surface area (Å²) in [6, 6.07) is 0. The van der Waals surface area contributed by atoms with E-state index in [0.717, 1.165) is 5.57 Å². The quantitative estimate of drug-likeness (QED) is 0.0306. The second kappa shape index (κ2) is 31.8. The Balaban J connectivity index is 0.725. The van der Waals surface area contributed by atoms with Gasteiger partial charge in [-0.15, -0.1) is 0 Å². The summed E-state index contributed by atoms with van der Waals surface area (Å²) in [5.41, 5.74) is -7.63. The van der Waals surface area contributed by atoms with Crippen LogP contribution in [0.1, 0.15) is 92.9 Å². The number of carbonyl (C=O) groups is 1. The average Bonchev–Trinajstić information content (AvgIpc) is 0.939. The van der Waals surface area contributed by atoms with Crippen LogP contribution in [0.4, 0.5) is 0 Å². The molecular formula is C69H112O38. The van der Waals surface area contributed by atoms with Crippen molar-refractivity contribution in [3.8, 4) is 0 Å². The van der Waals surface area contributed by atoms with Gasteiger partial charge in [0.15, 0.2) is 43.8 Å². The van der Waals surface area contributed by atoms with Crippen molar-refractivity contribution in [1.82, 2.24) is 0 Å². The van der Waals surface area contributed by atoms with Crippen molar-refractivity contribution >= 4 is 5.97 Å². The first-order chi connectivity index (χ1) is 50.3. The van der Waals surface area contributed by atoms with E-state index in [0.29, 0.717) is 25.7 Å². The van der Waals surface area contributed by atoms with Crippen molar-refractivity contribution in [3.05, 3.63) is 11.6 Å². The fourth-order valence-electron chi connectivity index (χ4n) is 20.2. The van der Waals surface area contributed by atoms with Crippen LogP contribution in [0.15, 0.2) is 11.6 Å². The van der Waals surface area contributed by atoms with E-state index < -0.39 is 318 Å². The summed E-state index contributed by atoms with van der Waals surface area (Å²) in [5.74, 6) is -2.64. The number of esters is 1. The molecule has 0 aromatic rings. The molecule has 18 unspecified atom stereocenters. The standard InChI is InChI=1S/C69H112O38/c1-25-50(103-57-49(90)51(30(76)18-94-57)104-61-53(91)68(93,23-73)24-98-61)44(85)48(89)58(99-25)105-52-37(78)29(75)17-95-60(52)107-62(92)69-12-11-63(2,3)13-27(69)26-7-8-34-64(4)14-28(74)54(67(21-71,22-72)35(64)9-10-65(34,5)66(26,6)15-36(69)77)106-59-47(88)43(84)40(81)33(102-59)20-97-56-46(87)42(83)39(80)32(101-56)19-96-55-45(86)41(82)38(79)31(16-70)100-55/h7,25,27-61,70-91,93H,8-24H2,1-6H3/t25?,27-,28-,29-,30?,31?,32+,33+,34?,35?,36?,37-,38+,39?,40?,41?,42-,43-,44?,45+,46?,47?,48?,49?,50-,51-,52?,53?,54-,55?,56+,57-,58-,59-,60-,61-,64+,65+,66?,68+,69+/m0/s1. The van der Waals surface area contributed by atoms with Crippen LogP contribution in [0, 0.1) is 50.2 Å². The largest absolute Gasteiger partial charge is 0.432 e. The summed E-state index contributed by atoms with van der Waals surface area (Å²) in [6.45, 7) is 5.28. The van der Waals surface area contributed by atoms with Crippen molar-refractivity contribution in [2.75, 3.05) is 59.5 Å². The Morgan fingerprint density at radius 1 is 0.495 bits per heavy atom. The van der Waals surface area contributed by atoms with Gasteiger partial charge in [0.1, 0.15) is 139 Å². The van der Waals surface area contributed by atoms with Gasteiger partial charge >= 0.3 is 5.97 Å².